The maximum absolute atomic E-state index is 2.47. The molecule has 0 fully saturated rings. The van der Waals surface area contributed by atoms with Crippen LogP contribution in [0.25, 0.3) is 21.8 Å². The smallest absolute Gasteiger partial charge is 0.0491 e. The van der Waals surface area contributed by atoms with E-state index < -0.39 is 0 Å². The van der Waals surface area contributed by atoms with E-state index in [1.807, 2.05) is 0 Å². The quantitative estimate of drug-likeness (QED) is 0.567. The van der Waals surface area contributed by atoms with Crippen molar-refractivity contribution in [1.82, 2.24) is 9.47 Å². The van der Waals surface area contributed by atoms with Crippen LogP contribution in [0.15, 0.2) is 85.2 Å². The lowest BCUT2D eigenvalue weighted by molar-refractivity contribution is 0.467. The van der Waals surface area contributed by atoms with Gasteiger partial charge < -0.3 is 9.47 Å². The minimum absolute atomic E-state index is 1.06. The average Bonchev–Trinajstić information content (AvgIpc) is 2.77. The number of nitrogens with zero attached hydrogens (tertiary/aromatic N) is 2. The van der Waals surface area contributed by atoms with Crippen molar-refractivity contribution in [2.45, 2.75) is 19.4 Å². The summed E-state index contributed by atoms with van der Waals surface area (Å²) >= 11 is 0. The van der Waals surface area contributed by atoms with Crippen LogP contribution in [0.2, 0.25) is 0 Å². The summed E-state index contributed by atoms with van der Waals surface area (Å²) in [7, 11) is 0. The van der Waals surface area contributed by atoms with Crippen molar-refractivity contribution in [3.8, 4) is 0 Å². The van der Waals surface area contributed by atoms with Crippen LogP contribution in [-0.4, -0.2) is 16.0 Å². The molecule has 4 rings (SSSR count). The Bertz CT molecular complexity index is 858. The second kappa shape index (κ2) is 6.79. The Morgan fingerprint density at radius 1 is 0.583 bits per heavy atom. The number of fused-ring (bicyclic) bond motifs is 3. The number of rotatable bonds is 5. The van der Waals surface area contributed by atoms with Gasteiger partial charge >= 0.3 is 0 Å². The first-order valence-corrected chi connectivity index (χ1v) is 8.67. The summed E-state index contributed by atoms with van der Waals surface area (Å²) in [5, 5.41) is 2.72. The van der Waals surface area contributed by atoms with Gasteiger partial charge in [0.15, 0.2) is 0 Å². The zero-order valence-electron chi connectivity index (χ0n) is 13.8. The molecule has 0 radical (unpaired) electrons. The van der Waals surface area contributed by atoms with Crippen LogP contribution in [0.3, 0.4) is 0 Å². The SMILES string of the molecule is C1=CC=CN(CCCCn2c3ccccc3c3ccccc32)C=C1. The van der Waals surface area contributed by atoms with E-state index in [4.69, 9.17) is 0 Å². The molecule has 0 amide bonds. The van der Waals surface area contributed by atoms with Crippen molar-refractivity contribution >= 4 is 21.8 Å². The van der Waals surface area contributed by atoms with Crippen LogP contribution < -0.4 is 0 Å². The van der Waals surface area contributed by atoms with Crippen molar-refractivity contribution in [2.24, 2.45) is 0 Å². The van der Waals surface area contributed by atoms with Gasteiger partial charge in [-0.15, -0.1) is 0 Å². The van der Waals surface area contributed by atoms with Gasteiger partial charge in [-0.2, -0.15) is 0 Å². The third kappa shape index (κ3) is 2.88. The van der Waals surface area contributed by atoms with Crippen molar-refractivity contribution in [2.75, 3.05) is 6.54 Å². The molecule has 0 N–H and O–H groups in total. The monoisotopic (exact) mass is 314 g/mol. The topological polar surface area (TPSA) is 8.17 Å². The van der Waals surface area contributed by atoms with Crippen LogP contribution in [0.5, 0.6) is 0 Å². The molecule has 2 heterocycles. The van der Waals surface area contributed by atoms with Crippen LogP contribution in [-0.2, 0) is 6.54 Å². The highest BCUT2D eigenvalue weighted by Gasteiger charge is 2.09. The lowest BCUT2D eigenvalue weighted by atomic mass is 10.2. The molecular formula is C22H22N2. The second-order valence-corrected chi connectivity index (χ2v) is 6.20. The Kier molecular flexibility index (Phi) is 4.20. The molecule has 0 bridgehead atoms. The predicted octanol–water partition coefficient (Wildman–Crippen LogP) is 5.47. The van der Waals surface area contributed by atoms with E-state index in [0.29, 0.717) is 0 Å². The number of hydrogen-bond donors (Lipinski definition) is 0. The highest BCUT2D eigenvalue weighted by atomic mass is 15.1. The highest BCUT2D eigenvalue weighted by molar-refractivity contribution is 6.07. The lowest BCUT2D eigenvalue weighted by Gasteiger charge is -2.15. The summed E-state index contributed by atoms with van der Waals surface area (Å²) < 4.78 is 2.47. The zero-order chi connectivity index (χ0) is 16.2. The summed E-state index contributed by atoms with van der Waals surface area (Å²) in [4.78, 5) is 2.26. The number of benzene rings is 2. The fraction of sp³-hybridized carbons (Fsp3) is 0.182. The minimum atomic E-state index is 1.06. The van der Waals surface area contributed by atoms with Gasteiger partial charge in [-0.05, 0) is 37.1 Å². The summed E-state index contributed by atoms with van der Waals surface area (Å²) in [5.41, 5.74) is 2.69. The standard InChI is InChI=1S/C22H22N2/c1-2-8-16-23(15-7-1)17-9-10-18-24-21-13-5-3-11-19(21)20-12-4-6-14-22(20)24/h1-8,11-16H,9-10,17-18H2. The van der Waals surface area contributed by atoms with E-state index in [1.165, 1.54) is 34.6 Å². The molecule has 0 saturated carbocycles. The lowest BCUT2D eigenvalue weighted by Crippen LogP contribution is -2.11. The maximum atomic E-state index is 2.47. The first-order valence-electron chi connectivity index (χ1n) is 8.67. The third-order valence-corrected chi connectivity index (χ3v) is 4.62. The maximum Gasteiger partial charge on any atom is 0.0491 e. The normalized spacial score (nSPS) is 13.9. The fourth-order valence-electron chi connectivity index (χ4n) is 3.46. The highest BCUT2D eigenvalue weighted by Crippen LogP contribution is 2.28. The summed E-state index contributed by atoms with van der Waals surface area (Å²) in [5.74, 6) is 0. The number of allylic oxidation sites excluding steroid dienone is 4. The Labute approximate surface area is 143 Å². The Balaban J connectivity index is 1.50. The number of para-hydroxylation sites is 2. The first-order chi connectivity index (χ1) is 11.9. The van der Waals surface area contributed by atoms with Crippen molar-refractivity contribution < 1.29 is 0 Å². The van der Waals surface area contributed by atoms with Crippen LogP contribution in [0, 0.1) is 0 Å². The van der Waals surface area contributed by atoms with E-state index in [-0.39, 0.29) is 0 Å². The van der Waals surface area contributed by atoms with E-state index in [1.54, 1.807) is 0 Å². The van der Waals surface area contributed by atoms with E-state index in [0.717, 1.165) is 13.1 Å². The molecule has 1 aliphatic rings. The molecule has 0 aliphatic carbocycles. The third-order valence-electron chi connectivity index (χ3n) is 4.62. The molecule has 0 saturated heterocycles. The van der Waals surface area contributed by atoms with Gasteiger partial charge in [0.25, 0.3) is 0 Å². The second-order valence-electron chi connectivity index (χ2n) is 6.20. The van der Waals surface area contributed by atoms with Gasteiger partial charge in [-0.3, -0.25) is 0 Å². The number of unbranched alkanes of at least 4 members (excludes halogenated alkanes) is 1. The number of aryl methyl sites for hydroxylation is 1. The molecule has 2 aromatic carbocycles. The van der Waals surface area contributed by atoms with Gasteiger partial charge in [0.05, 0.1) is 0 Å². The first kappa shape index (κ1) is 14.8. The Hall–Kier alpha value is -2.74. The number of aromatic nitrogens is 1. The summed E-state index contributed by atoms with van der Waals surface area (Å²) in [6.45, 7) is 2.12. The zero-order valence-corrected chi connectivity index (χ0v) is 13.8. The van der Waals surface area contributed by atoms with Crippen molar-refractivity contribution in [3.05, 3.63) is 85.2 Å². The Morgan fingerprint density at radius 2 is 1.12 bits per heavy atom. The van der Waals surface area contributed by atoms with E-state index in [9.17, 15) is 0 Å². The molecule has 0 unspecified atom stereocenters. The molecule has 24 heavy (non-hydrogen) atoms. The fourth-order valence-corrected chi connectivity index (χ4v) is 3.46. The molecule has 3 aromatic rings. The van der Waals surface area contributed by atoms with E-state index >= 15 is 0 Å². The van der Waals surface area contributed by atoms with Gasteiger partial charge in [-0.25, -0.2) is 0 Å². The molecular weight excluding hydrogens is 292 g/mol. The van der Waals surface area contributed by atoms with Crippen molar-refractivity contribution in [3.63, 3.8) is 0 Å². The van der Waals surface area contributed by atoms with Crippen LogP contribution >= 0.6 is 0 Å². The largest absolute Gasteiger partial charge is 0.354 e. The van der Waals surface area contributed by atoms with Crippen LogP contribution in [0.1, 0.15) is 12.8 Å². The molecule has 2 nitrogen and oxygen atoms in total. The van der Waals surface area contributed by atoms with E-state index in [2.05, 4.69) is 94.7 Å². The van der Waals surface area contributed by atoms with Gasteiger partial charge in [0.2, 0.25) is 0 Å². The molecule has 1 aromatic heterocycles. The van der Waals surface area contributed by atoms with Gasteiger partial charge in [-0.1, -0.05) is 48.6 Å². The van der Waals surface area contributed by atoms with Gasteiger partial charge in [0, 0.05) is 47.3 Å². The number of hydrogen-bond acceptors (Lipinski definition) is 1. The predicted molar refractivity (Wildman–Crippen MR) is 103 cm³/mol. The molecule has 0 atom stereocenters. The molecule has 1 aliphatic heterocycles. The molecule has 2 heteroatoms. The average molecular weight is 314 g/mol. The minimum Gasteiger partial charge on any atom is -0.354 e. The Morgan fingerprint density at radius 3 is 1.75 bits per heavy atom. The van der Waals surface area contributed by atoms with Crippen molar-refractivity contribution in [1.29, 1.82) is 0 Å². The van der Waals surface area contributed by atoms with Crippen LogP contribution in [0.4, 0.5) is 0 Å². The molecule has 120 valence electrons. The summed E-state index contributed by atoms with van der Waals surface area (Å²) in [6, 6.07) is 17.5. The summed E-state index contributed by atoms with van der Waals surface area (Å²) in [6.07, 6.45) is 14.9. The molecule has 0 spiro atoms. The van der Waals surface area contributed by atoms with Gasteiger partial charge in [0.1, 0.15) is 0 Å².